The molecule has 1 rings (SSSR count). The zero-order chi connectivity index (χ0) is 23.7. The van der Waals surface area contributed by atoms with Gasteiger partial charge in [0.1, 0.15) is 0 Å². The molecule has 0 aromatic heterocycles. The largest absolute Gasteiger partial charge is 0.396 e. The fourth-order valence-corrected chi connectivity index (χ4v) is 4.91. The number of benzene rings is 1. The van der Waals surface area contributed by atoms with E-state index in [0.717, 1.165) is 6.42 Å². The molecule has 1 heteroatoms. The molecule has 0 heterocycles. The van der Waals surface area contributed by atoms with Crippen molar-refractivity contribution in [1.82, 2.24) is 0 Å². The average Bonchev–Trinajstić information content (AvgIpc) is 2.83. The van der Waals surface area contributed by atoms with Crippen molar-refractivity contribution in [3.63, 3.8) is 0 Å². The van der Waals surface area contributed by atoms with E-state index in [0.29, 0.717) is 6.61 Å². The molecule has 0 spiro atoms. The van der Waals surface area contributed by atoms with Crippen LogP contribution in [0.15, 0.2) is 24.3 Å². The Bertz CT molecular complexity index is 492. The third kappa shape index (κ3) is 21.5. The van der Waals surface area contributed by atoms with Crippen molar-refractivity contribution in [3.05, 3.63) is 35.4 Å². The second kappa shape index (κ2) is 24.3. The summed E-state index contributed by atoms with van der Waals surface area (Å²) in [5.74, 6) is 0. The lowest BCUT2D eigenvalue weighted by molar-refractivity contribution is 0.282. The molecule has 192 valence electrons. The molecule has 1 nitrogen and oxygen atoms in total. The first kappa shape index (κ1) is 30.2. The summed E-state index contributed by atoms with van der Waals surface area (Å²) in [6.45, 7) is 2.54. The van der Waals surface area contributed by atoms with Gasteiger partial charge < -0.3 is 5.11 Å². The predicted molar refractivity (Wildman–Crippen MR) is 148 cm³/mol. The van der Waals surface area contributed by atoms with Crippen LogP contribution in [0.3, 0.4) is 0 Å². The van der Waals surface area contributed by atoms with Crippen LogP contribution in [0.2, 0.25) is 0 Å². The third-order valence-electron chi connectivity index (χ3n) is 7.24. The number of rotatable bonds is 25. The van der Waals surface area contributed by atoms with Crippen molar-refractivity contribution < 1.29 is 5.11 Å². The van der Waals surface area contributed by atoms with Gasteiger partial charge in [-0.15, -0.1) is 0 Å². The Morgan fingerprint density at radius 1 is 0.394 bits per heavy atom. The van der Waals surface area contributed by atoms with E-state index in [1.807, 2.05) is 0 Å². The van der Waals surface area contributed by atoms with E-state index in [-0.39, 0.29) is 0 Å². The lowest BCUT2D eigenvalue weighted by Gasteiger charge is -2.05. The molecule has 0 amide bonds. The van der Waals surface area contributed by atoms with E-state index in [4.69, 9.17) is 5.11 Å². The SMILES string of the molecule is Cc1ccc(CCCCCCCCCCCCCCCCCCCCCCCCCO)cc1. The summed E-state index contributed by atoms with van der Waals surface area (Å²) in [7, 11) is 0. The minimum absolute atomic E-state index is 0.371. The lowest BCUT2D eigenvalue weighted by atomic mass is 10.0. The Morgan fingerprint density at radius 2 is 0.667 bits per heavy atom. The average molecular weight is 459 g/mol. The van der Waals surface area contributed by atoms with Gasteiger partial charge in [-0.2, -0.15) is 0 Å². The smallest absolute Gasteiger partial charge is 0.0431 e. The van der Waals surface area contributed by atoms with E-state index in [1.54, 1.807) is 0 Å². The molecule has 0 saturated carbocycles. The molecule has 0 aliphatic carbocycles. The van der Waals surface area contributed by atoms with Crippen molar-refractivity contribution in [2.45, 2.75) is 161 Å². The summed E-state index contributed by atoms with van der Waals surface area (Å²) in [6, 6.07) is 9.07. The van der Waals surface area contributed by atoms with E-state index in [9.17, 15) is 0 Å². The number of aryl methyl sites for hydroxylation is 2. The van der Waals surface area contributed by atoms with Crippen LogP contribution in [-0.2, 0) is 6.42 Å². The number of aliphatic hydroxyl groups is 1. The molecule has 0 radical (unpaired) electrons. The lowest BCUT2D eigenvalue weighted by Crippen LogP contribution is -1.87. The number of unbranched alkanes of at least 4 members (excludes halogenated alkanes) is 22. The number of hydrogen-bond donors (Lipinski definition) is 1. The van der Waals surface area contributed by atoms with Crippen molar-refractivity contribution in [1.29, 1.82) is 0 Å². The molecule has 0 aliphatic rings. The fourth-order valence-electron chi connectivity index (χ4n) is 4.91. The van der Waals surface area contributed by atoms with Crippen molar-refractivity contribution >= 4 is 0 Å². The fraction of sp³-hybridized carbons (Fsp3) is 0.812. The topological polar surface area (TPSA) is 20.2 Å². The van der Waals surface area contributed by atoms with Gasteiger partial charge in [0.25, 0.3) is 0 Å². The maximum Gasteiger partial charge on any atom is 0.0431 e. The summed E-state index contributed by atoms with van der Waals surface area (Å²) in [5.41, 5.74) is 2.88. The van der Waals surface area contributed by atoms with Crippen LogP contribution in [0, 0.1) is 6.92 Å². The van der Waals surface area contributed by atoms with Crippen LogP contribution in [0.5, 0.6) is 0 Å². The zero-order valence-corrected chi connectivity index (χ0v) is 22.4. The summed E-state index contributed by atoms with van der Waals surface area (Å²) in [6.07, 6.45) is 33.6. The van der Waals surface area contributed by atoms with E-state index in [1.165, 1.54) is 159 Å². The van der Waals surface area contributed by atoms with Gasteiger partial charge in [0.15, 0.2) is 0 Å². The summed E-state index contributed by atoms with van der Waals surface area (Å²) < 4.78 is 0. The first-order valence-corrected chi connectivity index (χ1v) is 15.0. The molecule has 0 atom stereocenters. The van der Waals surface area contributed by atoms with Gasteiger partial charge in [-0.1, -0.05) is 165 Å². The van der Waals surface area contributed by atoms with E-state index in [2.05, 4.69) is 31.2 Å². The van der Waals surface area contributed by atoms with Gasteiger partial charge in [-0.3, -0.25) is 0 Å². The normalized spacial score (nSPS) is 11.3. The summed E-state index contributed by atoms with van der Waals surface area (Å²) >= 11 is 0. The van der Waals surface area contributed by atoms with Crippen LogP contribution in [-0.4, -0.2) is 11.7 Å². The Labute approximate surface area is 208 Å². The quantitative estimate of drug-likeness (QED) is 0.144. The maximum atomic E-state index is 8.77. The minimum Gasteiger partial charge on any atom is -0.396 e. The van der Waals surface area contributed by atoms with Gasteiger partial charge in [-0.05, 0) is 31.7 Å². The monoisotopic (exact) mass is 458 g/mol. The van der Waals surface area contributed by atoms with Crippen molar-refractivity contribution in [2.75, 3.05) is 6.61 Å². The number of hydrogen-bond acceptors (Lipinski definition) is 1. The molecule has 1 aromatic rings. The molecule has 0 fully saturated rings. The van der Waals surface area contributed by atoms with Crippen LogP contribution in [0.4, 0.5) is 0 Å². The van der Waals surface area contributed by atoms with Gasteiger partial charge in [0, 0.05) is 6.61 Å². The highest BCUT2D eigenvalue weighted by Gasteiger charge is 1.97. The molecule has 33 heavy (non-hydrogen) atoms. The van der Waals surface area contributed by atoms with Gasteiger partial charge in [0.2, 0.25) is 0 Å². The molecular formula is C32H58O. The van der Waals surface area contributed by atoms with E-state index >= 15 is 0 Å². The highest BCUT2D eigenvalue weighted by atomic mass is 16.2. The Balaban J connectivity index is 1.66. The minimum atomic E-state index is 0.371. The highest BCUT2D eigenvalue weighted by Crippen LogP contribution is 2.16. The third-order valence-corrected chi connectivity index (χ3v) is 7.24. The predicted octanol–water partition coefficient (Wildman–Crippen LogP) is 10.5. The van der Waals surface area contributed by atoms with Crippen molar-refractivity contribution in [2.24, 2.45) is 0 Å². The first-order valence-electron chi connectivity index (χ1n) is 15.0. The van der Waals surface area contributed by atoms with Crippen LogP contribution < -0.4 is 0 Å². The molecule has 0 bridgehead atoms. The zero-order valence-electron chi connectivity index (χ0n) is 22.4. The van der Waals surface area contributed by atoms with Gasteiger partial charge in [0.05, 0.1) is 0 Å². The Kier molecular flexibility index (Phi) is 22.3. The molecule has 1 N–H and O–H groups in total. The Hall–Kier alpha value is -0.820. The van der Waals surface area contributed by atoms with Crippen LogP contribution in [0.1, 0.15) is 159 Å². The summed E-state index contributed by atoms with van der Waals surface area (Å²) in [5, 5.41) is 8.77. The molecule has 1 aromatic carbocycles. The molecule has 0 aliphatic heterocycles. The second-order valence-electron chi connectivity index (χ2n) is 10.6. The molecule has 0 unspecified atom stereocenters. The highest BCUT2D eigenvalue weighted by molar-refractivity contribution is 5.21. The molecule has 0 saturated heterocycles. The second-order valence-corrected chi connectivity index (χ2v) is 10.6. The van der Waals surface area contributed by atoms with Crippen molar-refractivity contribution in [3.8, 4) is 0 Å². The standard InChI is InChI=1S/C32H58O/c1-31-26-28-32(29-27-31)25-23-21-19-17-15-13-11-9-7-5-3-2-4-6-8-10-12-14-16-18-20-22-24-30-33/h26-29,33H,2-25,30H2,1H3. The Morgan fingerprint density at radius 3 is 0.970 bits per heavy atom. The number of aliphatic hydroxyl groups excluding tert-OH is 1. The van der Waals surface area contributed by atoms with Gasteiger partial charge >= 0.3 is 0 Å². The first-order chi connectivity index (χ1) is 16.3. The maximum absolute atomic E-state index is 8.77. The van der Waals surface area contributed by atoms with Gasteiger partial charge in [-0.25, -0.2) is 0 Å². The molecular weight excluding hydrogens is 400 g/mol. The van der Waals surface area contributed by atoms with Crippen LogP contribution >= 0.6 is 0 Å². The van der Waals surface area contributed by atoms with E-state index < -0.39 is 0 Å². The van der Waals surface area contributed by atoms with Crippen LogP contribution in [0.25, 0.3) is 0 Å². The summed E-state index contributed by atoms with van der Waals surface area (Å²) in [4.78, 5) is 0.